The number of nitrogens with zero attached hydrogens (tertiary/aromatic N) is 2. The van der Waals surface area contributed by atoms with Gasteiger partial charge in [0.1, 0.15) is 12.4 Å². The van der Waals surface area contributed by atoms with Crippen LogP contribution in [0.5, 0.6) is 5.75 Å². The summed E-state index contributed by atoms with van der Waals surface area (Å²) in [5.74, 6) is 0.428. The standard InChI is InChI=1S/C20H20ClN3O5S2/c21-14-1-3-17(13(9-14)10-15(26)12-25)24-6-7-29-19-11-16(2-4-18(19)24)31(27,28)23-20-22-5-8-30-20/h1-5,8-9,11,15,25-26H,6-7,10,12H2,(H,22,23)/t15-/m1/s1. The number of aliphatic hydroxyl groups excluding tert-OH is 2. The summed E-state index contributed by atoms with van der Waals surface area (Å²) in [6, 6.07) is 10.0. The van der Waals surface area contributed by atoms with E-state index in [0.717, 1.165) is 11.3 Å². The van der Waals surface area contributed by atoms with Gasteiger partial charge in [-0.15, -0.1) is 11.3 Å². The van der Waals surface area contributed by atoms with Crippen LogP contribution < -0.4 is 14.4 Å². The highest BCUT2D eigenvalue weighted by molar-refractivity contribution is 7.93. The molecule has 0 saturated carbocycles. The molecule has 164 valence electrons. The van der Waals surface area contributed by atoms with Crippen LogP contribution in [0.15, 0.2) is 52.9 Å². The van der Waals surface area contributed by atoms with Crippen LogP contribution >= 0.6 is 22.9 Å². The minimum absolute atomic E-state index is 0.0651. The SMILES string of the molecule is O=S(=O)(Nc1nccs1)c1ccc2c(c1)OCCN2c1ccc(Cl)cc1C[C@@H](O)CO. The minimum Gasteiger partial charge on any atom is -0.489 e. The zero-order valence-electron chi connectivity index (χ0n) is 16.2. The van der Waals surface area contributed by atoms with E-state index in [-0.39, 0.29) is 23.1 Å². The molecule has 2 heterocycles. The Hall–Kier alpha value is -2.37. The molecule has 3 N–H and O–H groups in total. The van der Waals surface area contributed by atoms with E-state index in [1.165, 1.54) is 29.7 Å². The number of anilines is 3. The smallest absolute Gasteiger partial charge is 0.263 e. The predicted molar refractivity (Wildman–Crippen MR) is 120 cm³/mol. The third kappa shape index (κ3) is 4.78. The second-order valence-electron chi connectivity index (χ2n) is 6.89. The highest BCUT2D eigenvalue weighted by Crippen LogP contribution is 2.40. The van der Waals surface area contributed by atoms with Crippen molar-refractivity contribution in [1.82, 2.24) is 4.98 Å². The van der Waals surface area contributed by atoms with Gasteiger partial charge in [-0.05, 0) is 35.9 Å². The molecule has 0 bridgehead atoms. The fourth-order valence-electron chi connectivity index (χ4n) is 3.36. The molecule has 0 aliphatic carbocycles. The number of hydrogen-bond acceptors (Lipinski definition) is 8. The second kappa shape index (κ2) is 9.01. The van der Waals surface area contributed by atoms with Gasteiger partial charge in [-0.2, -0.15) is 0 Å². The van der Waals surface area contributed by atoms with Gasteiger partial charge in [0.05, 0.1) is 29.8 Å². The van der Waals surface area contributed by atoms with E-state index in [9.17, 15) is 18.6 Å². The Kier molecular flexibility index (Phi) is 6.35. The van der Waals surface area contributed by atoms with Crippen molar-refractivity contribution >= 4 is 49.5 Å². The van der Waals surface area contributed by atoms with E-state index in [1.807, 2.05) is 11.0 Å². The molecule has 1 aromatic heterocycles. The maximum Gasteiger partial charge on any atom is 0.263 e. The summed E-state index contributed by atoms with van der Waals surface area (Å²) < 4.78 is 33.6. The quantitative estimate of drug-likeness (QED) is 0.475. The van der Waals surface area contributed by atoms with Crippen LogP contribution in [0, 0.1) is 0 Å². The molecule has 0 amide bonds. The number of ether oxygens (including phenoxy) is 1. The van der Waals surface area contributed by atoms with Gasteiger partial charge in [0, 0.05) is 34.8 Å². The number of sulfonamides is 1. The van der Waals surface area contributed by atoms with Gasteiger partial charge in [-0.3, -0.25) is 4.72 Å². The molecule has 31 heavy (non-hydrogen) atoms. The minimum atomic E-state index is -3.81. The summed E-state index contributed by atoms with van der Waals surface area (Å²) in [5, 5.41) is 21.7. The molecule has 1 aliphatic rings. The molecule has 0 spiro atoms. The fraction of sp³-hybridized carbons (Fsp3) is 0.250. The average molecular weight is 482 g/mol. The molecule has 0 saturated heterocycles. The summed E-state index contributed by atoms with van der Waals surface area (Å²) >= 11 is 7.34. The monoisotopic (exact) mass is 481 g/mol. The van der Waals surface area contributed by atoms with Crippen molar-refractivity contribution in [2.75, 3.05) is 29.4 Å². The number of halogens is 1. The van der Waals surface area contributed by atoms with Gasteiger partial charge in [-0.1, -0.05) is 11.6 Å². The van der Waals surface area contributed by atoms with Crippen molar-refractivity contribution in [3.05, 3.63) is 58.6 Å². The fourth-order valence-corrected chi connectivity index (χ4v) is 5.36. The summed E-state index contributed by atoms with van der Waals surface area (Å²) in [6.07, 6.45) is 0.832. The highest BCUT2D eigenvalue weighted by Gasteiger charge is 2.25. The first-order valence-corrected chi connectivity index (χ1v) is 12.2. The number of hydrogen-bond donors (Lipinski definition) is 3. The molecule has 4 rings (SSSR count). The summed E-state index contributed by atoms with van der Waals surface area (Å²) in [5.41, 5.74) is 2.27. The predicted octanol–water partition coefficient (Wildman–Crippen LogP) is 3.02. The lowest BCUT2D eigenvalue weighted by molar-refractivity contribution is 0.0956. The largest absolute Gasteiger partial charge is 0.489 e. The normalized spacial score (nSPS) is 14.6. The van der Waals surface area contributed by atoms with Gasteiger partial charge in [0.25, 0.3) is 10.0 Å². The third-order valence-electron chi connectivity index (χ3n) is 4.76. The Balaban J connectivity index is 1.68. The van der Waals surface area contributed by atoms with Gasteiger partial charge in [-0.25, -0.2) is 13.4 Å². The Morgan fingerprint density at radius 3 is 2.81 bits per heavy atom. The zero-order chi connectivity index (χ0) is 22.0. The lowest BCUT2D eigenvalue weighted by Gasteiger charge is -2.33. The van der Waals surface area contributed by atoms with Gasteiger partial charge >= 0.3 is 0 Å². The lowest BCUT2D eigenvalue weighted by Crippen LogP contribution is -2.30. The van der Waals surface area contributed by atoms with Crippen LogP contribution in [-0.4, -0.2) is 49.5 Å². The number of benzene rings is 2. The van der Waals surface area contributed by atoms with Gasteiger partial charge in [0.2, 0.25) is 0 Å². The molecule has 3 aromatic rings. The number of rotatable bonds is 7. The van der Waals surface area contributed by atoms with Crippen LogP contribution in [0.2, 0.25) is 5.02 Å². The summed E-state index contributed by atoms with van der Waals surface area (Å²) in [4.78, 5) is 6.00. The molecule has 0 radical (unpaired) electrons. The molecule has 1 aliphatic heterocycles. The van der Waals surface area contributed by atoms with Crippen LogP contribution in [0.3, 0.4) is 0 Å². The molecule has 1 atom stereocenters. The number of thiazole rings is 1. The number of aromatic nitrogens is 1. The third-order valence-corrected chi connectivity index (χ3v) is 7.15. The number of nitrogens with one attached hydrogen (secondary N) is 1. The molecule has 2 aromatic carbocycles. The number of aliphatic hydroxyl groups is 2. The Morgan fingerprint density at radius 1 is 1.26 bits per heavy atom. The van der Waals surface area contributed by atoms with E-state index in [2.05, 4.69) is 9.71 Å². The van der Waals surface area contributed by atoms with Crippen molar-refractivity contribution in [3.8, 4) is 5.75 Å². The van der Waals surface area contributed by atoms with E-state index < -0.39 is 16.1 Å². The van der Waals surface area contributed by atoms with Gasteiger partial charge in [0.15, 0.2) is 5.13 Å². The highest BCUT2D eigenvalue weighted by atomic mass is 35.5. The van der Waals surface area contributed by atoms with Crippen LogP contribution in [0.4, 0.5) is 16.5 Å². The average Bonchev–Trinajstić information content (AvgIpc) is 3.25. The topological polar surface area (TPSA) is 112 Å². The molecular formula is C20H20ClN3O5S2. The van der Waals surface area contributed by atoms with Crippen LogP contribution in [-0.2, 0) is 16.4 Å². The zero-order valence-corrected chi connectivity index (χ0v) is 18.6. The first kappa shape index (κ1) is 21.8. The van der Waals surface area contributed by atoms with E-state index >= 15 is 0 Å². The molecule has 0 fully saturated rings. The van der Waals surface area contributed by atoms with E-state index in [1.54, 1.807) is 23.6 Å². The van der Waals surface area contributed by atoms with Crippen LogP contribution in [0.1, 0.15) is 5.56 Å². The summed E-state index contributed by atoms with van der Waals surface area (Å²) in [7, 11) is -3.81. The van der Waals surface area contributed by atoms with E-state index in [0.29, 0.717) is 29.6 Å². The molecular weight excluding hydrogens is 462 g/mol. The van der Waals surface area contributed by atoms with Crippen molar-refractivity contribution in [2.24, 2.45) is 0 Å². The summed E-state index contributed by atoms with van der Waals surface area (Å²) in [6.45, 7) is 0.514. The van der Waals surface area contributed by atoms with Crippen molar-refractivity contribution in [3.63, 3.8) is 0 Å². The van der Waals surface area contributed by atoms with E-state index in [4.69, 9.17) is 16.3 Å². The second-order valence-corrected chi connectivity index (χ2v) is 9.90. The van der Waals surface area contributed by atoms with Crippen molar-refractivity contribution in [1.29, 1.82) is 0 Å². The van der Waals surface area contributed by atoms with Gasteiger partial charge < -0.3 is 19.8 Å². The molecule has 8 nitrogen and oxygen atoms in total. The molecule has 11 heteroatoms. The Morgan fingerprint density at radius 2 is 2.06 bits per heavy atom. The van der Waals surface area contributed by atoms with Crippen molar-refractivity contribution < 1.29 is 23.4 Å². The maximum absolute atomic E-state index is 12.7. The molecule has 0 unspecified atom stereocenters. The maximum atomic E-state index is 12.7. The first-order chi connectivity index (χ1) is 14.9. The van der Waals surface area contributed by atoms with Crippen LogP contribution in [0.25, 0.3) is 0 Å². The van der Waals surface area contributed by atoms with Crippen molar-refractivity contribution in [2.45, 2.75) is 17.4 Å². The Bertz CT molecular complexity index is 1170. The number of fused-ring (bicyclic) bond motifs is 1. The first-order valence-electron chi connectivity index (χ1n) is 9.41. The lowest BCUT2D eigenvalue weighted by atomic mass is 10.0. The Labute approximate surface area is 188 Å².